The summed E-state index contributed by atoms with van der Waals surface area (Å²) in [5, 5.41) is 16.8. The van der Waals surface area contributed by atoms with Gasteiger partial charge in [-0.05, 0) is 22.6 Å². The molecule has 0 aromatic carbocycles. The number of carbonyl (C=O) groups excluding carboxylic acids is 2. The molecule has 0 spiro atoms. The van der Waals surface area contributed by atoms with Crippen LogP contribution in [0.2, 0.25) is 0 Å². The second kappa shape index (κ2) is 9.92. The number of nitrogens with zero attached hydrogens (tertiary/aromatic N) is 11. The van der Waals surface area contributed by atoms with Crippen LogP contribution in [0.4, 0.5) is 5.95 Å². The quantitative estimate of drug-likeness (QED) is 0.232. The fraction of sp³-hybridized carbons (Fsp3) is 0.292. The molecule has 15 nitrogen and oxygen atoms in total. The number of amides is 1. The van der Waals surface area contributed by atoms with Crippen molar-refractivity contribution < 1.29 is 14.3 Å². The zero-order chi connectivity index (χ0) is 26.9. The standard InChI is InChI=1S/C24H24N12O3/c1-3-17-28-14-35(30-17)22-20-19(16(39-2)13-27-22)15(12-26-20)21(37)23(38)33-8-10-34(11-9-33)24-29-31-32-36(24)18-6-4-5-7-25-18/h4-7,12-14,26H,3,8-11H2,1-2H3. The Kier molecular flexibility index (Phi) is 6.14. The molecule has 1 aliphatic rings. The Balaban J connectivity index is 1.22. The maximum atomic E-state index is 13.5. The highest BCUT2D eigenvalue weighted by atomic mass is 16.5. The van der Waals surface area contributed by atoms with Gasteiger partial charge >= 0.3 is 0 Å². The van der Waals surface area contributed by atoms with Crippen LogP contribution in [0, 0.1) is 0 Å². The van der Waals surface area contributed by atoms with E-state index in [9.17, 15) is 9.59 Å². The summed E-state index contributed by atoms with van der Waals surface area (Å²) in [5.41, 5.74) is 0.720. The van der Waals surface area contributed by atoms with Crippen LogP contribution in [0.15, 0.2) is 43.1 Å². The number of pyridine rings is 2. The van der Waals surface area contributed by atoms with Crippen molar-refractivity contribution in [2.24, 2.45) is 0 Å². The lowest BCUT2D eigenvalue weighted by Gasteiger charge is -2.34. The number of fused-ring (bicyclic) bond motifs is 1. The first-order chi connectivity index (χ1) is 19.1. The second-order valence-corrected chi connectivity index (χ2v) is 8.75. The highest BCUT2D eigenvalue weighted by Crippen LogP contribution is 2.32. The van der Waals surface area contributed by atoms with Crippen molar-refractivity contribution in [3.8, 4) is 17.4 Å². The van der Waals surface area contributed by atoms with Crippen molar-refractivity contribution in [3.63, 3.8) is 0 Å². The summed E-state index contributed by atoms with van der Waals surface area (Å²) >= 11 is 0. The van der Waals surface area contributed by atoms with Crippen LogP contribution in [0.5, 0.6) is 5.75 Å². The number of hydrogen-bond donors (Lipinski definition) is 1. The van der Waals surface area contributed by atoms with Gasteiger partial charge in [0.15, 0.2) is 17.5 Å². The number of nitrogens with one attached hydrogen (secondary N) is 1. The number of aryl methyl sites for hydroxylation is 1. The monoisotopic (exact) mass is 528 g/mol. The molecule has 6 rings (SSSR count). The Morgan fingerprint density at radius 2 is 1.95 bits per heavy atom. The number of H-pyrrole nitrogens is 1. The molecule has 1 N–H and O–H groups in total. The van der Waals surface area contributed by atoms with Gasteiger partial charge in [0.25, 0.3) is 17.6 Å². The van der Waals surface area contributed by atoms with Crippen LogP contribution >= 0.6 is 0 Å². The first-order valence-corrected chi connectivity index (χ1v) is 12.3. The number of rotatable bonds is 7. The van der Waals surface area contributed by atoms with Crippen LogP contribution in [0.1, 0.15) is 23.1 Å². The Hall–Kier alpha value is -5.21. The van der Waals surface area contributed by atoms with Crippen molar-refractivity contribution in [2.75, 3.05) is 38.2 Å². The molecule has 0 radical (unpaired) electrons. The number of hydrogen-bond acceptors (Lipinski definition) is 11. The van der Waals surface area contributed by atoms with Crippen LogP contribution in [-0.4, -0.2) is 99.8 Å². The number of tetrazole rings is 1. The van der Waals surface area contributed by atoms with Gasteiger partial charge < -0.3 is 19.5 Å². The number of anilines is 1. The van der Waals surface area contributed by atoms with Gasteiger partial charge in [0.2, 0.25) is 0 Å². The van der Waals surface area contributed by atoms with Gasteiger partial charge in [0.05, 0.1) is 29.8 Å². The fourth-order valence-electron chi connectivity index (χ4n) is 4.55. The molecule has 198 valence electrons. The van der Waals surface area contributed by atoms with Gasteiger partial charge in [-0.2, -0.15) is 4.68 Å². The highest BCUT2D eigenvalue weighted by Gasteiger charge is 2.31. The van der Waals surface area contributed by atoms with Crippen LogP contribution in [0.3, 0.4) is 0 Å². The minimum Gasteiger partial charge on any atom is -0.494 e. The minimum atomic E-state index is -0.642. The van der Waals surface area contributed by atoms with Gasteiger partial charge in [-0.15, -0.1) is 5.10 Å². The number of ether oxygens (including phenoxy) is 1. The van der Waals surface area contributed by atoms with E-state index in [-0.39, 0.29) is 5.56 Å². The lowest BCUT2D eigenvalue weighted by molar-refractivity contribution is -0.126. The number of piperazine rings is 1. The second-order valence-electron chi connectivity index (χ2n) is 8.75. The Morgan fingerprint density at radius 1 is 1.10 bits per heavy atom. The first-order valence-electron chi connectivity index (χ1n) is 12.3. The maximum absolute atomic E-state index is 13.5. The van der Waals surface area contributed by atoms with Gasteiger partial charge in [0.1, 0.15) is 12.1 Å². The third kappa shape index (κ3) is 4.22. The number of aromatic amines is 1. The van der Waals surface area contributed by atoms with E-state index in [0.717, 1.165) is 0 Å². The van der Waals surface area contributed by atoms with E-state index in [1.807, 2.05) is 24.0 Å². The molecule has 5 aromatic heterocycles. The zero-order valence-electron chi connectivity index (χ0n) is 21.2. The molecule has 0 saturated carbocycles. The van der Waals surface area contributed by atoms with Crippen LogP contribution in [-0.2, 0) is 11.2 Å². The molecule has 39 heavy (non-hydrogen) atoms. The Morgan fingerprint density at radius 3 is 2.67 bits per heavy atom. The van der Waals surface area contributed by atoms with E-state index in [1.165, 1.54) is 29.1 Å². The van der Waals surface area contributed by atoms with E-state index in [4.69, 9.17) is 4.74 Å². The van der Waals surface area contributed by atoms with Crippen LogP contribution < -0.4 is 9.64 Å². The fourth-order valence-corrected chi connectivity index (χ4v) is 4.55. The molecule has 0 unspecified atom stereocenters. The molecule has 1 fully saturated rings. The summed E-state index contributed by atoms with van der Waals surface area (Å²) in [6, 6.07) is 5.47. The van der Waals surface area contributed by atoms with E-state index < -0.39 is 11.7 Å². The Labute approximate surface area is 221 Å². The molecule has 5 aromatic rings. The molecule has 1 aliphatic heterocycles. The van der Waals surface area contributed by atoms with Crippen molar-refractivity contribution in [2.45, 2.75) is 13.3 Å². The summed E-state index contributed by atoms with van der Waals surface area (Å²) < 4.78 is 8.56. The molecule has 0 bridgehead atoms. The molecule has 15 heteroatoms. The predicted molar refractivity (Wildman–Crippen MR) is 137 cm³/mol. The van der Waals surface area contributed by atoms with Crippen molar-refractivity contribution in [1.82, 2.24) is 54.8 Å². The normalized spacial score (nSPS) is 13.7. The number of ketones is 1. The molecule has 6 heterocycles. The lowest BCUT2D eigenvalue weighted by atomic mass is 10.1. The molecule has 1 saturated heterocycles. The van der Waals surface area contributed by atoms with E-state index >= 15 is 0 Å². The largest absolute Gasteiger partial charge is 0.494 e. The lowest BCUT2D eigenvalue weighted by Crippen LogP contribution is -2.51. The average Bonchev–Trinajstić information content (AvgIpc) is 3.76. The maximum Gasteiger partial charge on any atom is 0.295 e. The third-order valence-electron chi connectivity index (χ3n) is 6.55. The summed E-state index contributed by atoms with van der Waals surface area (Å²) in [6.07, 6.45) is 6.90. The highest BCUT2D eigenvalue weighted by molar-refractivity contribution is 6.45. The summed E-state index contributed by atoms with van der Waals surface area (Å²) in [4.78, 5) is 46.3. The van der Waals surface area contributed by atoms with Crippen molar-refractivity contribution in [3.05, 3.63) is 54.5 Å². The van der Waals surface area contributed by atoms with Gasteiger partial charge in [0, 0.05) is 45.0 Å². The molecular formula is C24H24N12O3. The van der Waals surface area contributed by atoms with Crippen molar-refractivity contribution >= 4 is 28.5 Å². The van der Waals surface area contributed by atoms with Gasteiger partial charge in [-0.1, -0.05) is 18.1 Å². The average molecular weight is 529 g/mol. The smallest absolute Gasteiger partial charge is 0.295 e. The Bertz CT molecular complexity index is 1650. The SMILES string of the molecule is CCc1ncn(-c2ncc(OC)c3c(C(=O)C(=O)N4CCN(c5nnnn5-c5ccccn5)CC4)c[nH]c23)n1. The number of carbonyl (C=O) groups is 2. The topological polar surface area (TPSA) is 166 Å². The van der Waals surface area contributed by atoms with Gasteiger partial charge in [-0.3, -0.25) is 9.59 Å². The van der Waals surface area contributed by atoms with E-state index in [0.29, 0.717) is 72.7 Å². The predicted octanol–water partition coefficient (Wildman–Crippen LogP) is 0.617. The zero-order valence-corrected chi connectivity index (χ0v) is 21.2. The number of aromatic nitrogens is 10. The number of methoxy groups -OCH3 is 1. The van der Waals surface area contributed by atoms with E-state index in [2.05, 4.69) is 40.6 Å². The minimum absolute atomic E-state index is 0.202. The summed E-state index contributed by atoms with van der Waals surface area (Å²) in [7, 11) is 1.49. The van der Waals surface area contributed by atoms with E-state index in [1.54, 1.807) is 23.3 Å². The molecule has 0 atom stereocenters. The molecule has 1 amide bonds. The molecular weight excluding hydrogens is 504 g/mol. The number of Topliss-reactive ketones (excluding diaryl/α,β-unsaturated/α-hetero) is 1. The molecule has 0 aliphatic carbocycles. The van der Waals surface area contributed by atoms with Gasteiger partial charge in [-0.25, -0.2) is 19.6 Å². The summed E-state index contributed by atoms with van der Waals surface area (Å²) in [5.74, 6) is 1.34. The summed E-state index contributed by atoms with van der Waals surface area (Å²) in [6.45, 7) is 3.50. The third-order valence-corrected chi connectivity index (χ3v) is 6.55. The first kappa shape index (κ1) is 24.1. The van der Waals surface area contributed by atoms with Crippen molar-refractivity contribution in [1.29, 1.82) is 0 Å². The van der Waals surface area contributed by atoms with Crippen LogP contribution in [0.25, 0.3) is 22.5 Å².